The van der Waals surface area contributed by atoms with Gasteiger partial charge in [-0.3, -0.25) is 0 Å². The minimum Gasteiger partial charge on any atom is -0.195 e. The van der Waals surface area contributed by atoms with Gasteiger partial charge in [0.1, 0.15) is 6.07 Å². The van der Waals surface area contributed by atoms with Crippen LogP contribution >= 0.6 is 0 Å². The van der Waals surface area contributed by atoms with Gasteiger partial charge in [-0.1, -0.05) is 76.9 Å². The molecule has 0 radical (unpaired) electrons. The van der Waals surface area contributed by atoms with Crippen molar-refractivity contribution in [2.75, 3.05) is 0 Å². The summed E-state index contributed by atoms with van der Waals surface area (Å²) in [5, 5.41) is 8.40. The summed E-state index contributed by atoms with van der Waals surface area (Å²) in [5.74, 6) is 2.81. The third-order valence-corrected chi connectivity index (χ3v) is 6.54. The Morgan fingerprint density at radius 1 is 0.920 bits per heavy atom. The summed E-state index contributed by atoms with van der Waals surface area (Å²) in [7, 11) is 0. The monoisotopic (exact) mass is 345 g/mol. The molecule has 2 aliphatic rings. The molecule has 2 heteroatoms. The van der Waals surface area contributed by atoms with Crippen LogP contribution < -0.4 is 0 Å². The lowest BCUT2D eigenvalue weighted by Crippen LogP contribution is -2.17. The van der Waals surface area contributed by atoms with E-state index in [1.165, 1.54) is 95.6 Å². The molecule has 0 aromatic rings. The van der Waals surface area contributed by atoms with Gasteiger partial charge in [-0.25, -0.2) is 0 Å². The van der Waals surface area contributed by atoms with E-state index in [0.29, 0.717) is 5.92 Å². The van der Waals surface area contributed by atoms with Crippen molar-refractivity contribution in [2.45, 2.75) is 90.4 Å². The Morgan fingerprint density at radius 2 is 1.44 bits per heavy atom. The molecule has 2 rings (SSSR count). The van der Waals surface area contributed by atoms with E-state index >= 15 is 0 Å². The molecule has 0 spiro atoms. The van der Waals surface area contributed by atoms with E-state index in [1.807, 2.05) is 0 Å². The Kier molecular flexibility index (Phi) is 9.30. The maximum atomic E-state index is 12.8. The first-order chi connectivity index (χ1) is 12.2. The van der Waals surface area contributed by atoms with E-state index in [0.717, 1.165) is 17.8 Å². The van der Waals surface area contributed by atoms with E-state index in [1.54, 1.807) is 6.08 Å². The third kappa shape index (κ3) is 7.76. The summed E-state index contributed by atoms with van der Waals surface area (Å²) in [6.45, 7) is 2.30. The summed E-state index contributed by atoms with van der Waals surface area (Å²) in [6, 6.07) is 1.51. The first-order valence-electron chi connectivity index (χ1n) is 10.6. The molecule has 0 aromatic carbocycles. The molecule has 0 N–H and O–H groups in total. The van der Waals surface area contributed by atoms with Crippen LogP contribution in [0.4, 0.5) is 4.39 Å². The summed E-state index contributed by atoms with van der Waals surface area (Å²) in [4.78, 5) is 0. The number of hydrogen-bond acceptors (Lipinski definition) is 1. The van der Waals surface area contributed by atoms with Crippen molar-refractivity contribution in [1.82, 2.24) is 0 Å². The van der Waals surface area contributed by atoms with Crippen LogP contribution in [0.15, 0.2) is 24.1 Å². The van der Waals surface area contributed by atoms with Crippen molar-refractivity contribution in [2.24, 2.45) is 23.7 Å². The number of unbranched alkanes of at least 4 members (excludes halogenated alkanes) is 1. The van der Waals surface area contributed by atoms with E-state index in [2.05, 4.69) is 13.0 Å². The van der Waals surface area contributed by atoms with Gasteiger partial charge in [-0.2, -0.15) is 9.65 Å². The van der Waals surface area contributed by atoms with E-state index in [-0.39, 0.29) is 0 Å². The molecule has 0 heterocycles. The largest absolute Gasteiger partial charge is 0.199 e. The lowest BCUT2D eigenvalue weighted by Gasteiger charge is -2.31. The molecule has 0 aromatic heterocycles. The zero-order valence-corrected chi connectivity index (χ0v) is 16.1. The van der Waals surface area contributed by atoms with Crippen LogP contribution in [0, 0.1) is 35.0 Å². The summed E-state index contributed by atoms with van der Waals surface area (Å²) < 4.78 is 12.8. The fourth-order valence-corrected chi connectivity index (χ4v) is 4.78. The maximum absolute atomic E-state index is 12.8. The van der Waals surface area contributed by atoms with Crippen LogP contribution in [-0.2, 0) is 0 Å². The standard InChI is InChI=1S/C23H36FN/c1-2-3-5-19-8-12-21(13-9-19)16-17-22-14-10-20(11-15-22)6-4-7-23(24)18-25/h4,6-7,19-22H,2-3,5,8-17H2,1H3/t19-,20-,21-,22-. The van der Waals surface area contributed by atoms with Gasteiger partial charge in [-0.05, 0) is 55.4 Å². The Bertz CT molecular complexity index is 457. The highest BCUT2D eigenvalue weighted by Gasteiger charge is 2.23. The number of halogens is 1. The second kappa shape index (κ2) is 11.5. The Balaban J connectivity index is 1.58. The molecule has 1 nitrogen and oxygen atoms in total. The third-order valence-electron chi connectivity index (χ3n) is 6.54. The fourth-order valence-electron chi connectivity index (χ4n) is 4.78. The van der Waals surface area contributed by atoms with Crippen LogP contribution in [0.5, 0.6) is 0 Å². The van der Waals surface area contributed by atoms with Gasteiger partial charge < -0.3 is 0 Å². The van der Waals surface area contributed by atoms with Crippen molar-refractivity contribution in [3.8, 4) is 6.07 Å². The molecule has 2 saturated carbocycles. The van der Waals surface area contributed by atoms with Gasteiger partial charge in [0.15, 0.2) is 5.83 Å². The smallest absolute Gasteiger partial charge is 0.195 e. The molecule has 0 unspecified atom stereocenters. The van der Waals surface area contributed by atoms with Gasteiger partial charge in [0.25, 0.3) is 0 Å². The SMILES string of the molecule is CCCC[C@H]1CC[C@H](CC[C@H]2CC[C@H](C=CC=C(F)C#N)CC2)CC1. The molecule has 25 heavy (non-hydrogen) atoms. The fraction of sp³-hybridized carbons (Fsp3) is 0.783. The van der Waals surface area contributed by atoms with E-state index < -0.39 is 5.83 Å². The van der Waals surface area contributed by atoms with E-state index in [4.69, 9.17) is 5.26 Å². The normalized spacial score (nSPS) is 31.2. The van der Waals surface area contributed by atoms with Crippen molar-refractivity contribution in [3.05, 3.63) is 24.1 Å². The highest BCUT2D eigenvalue weighted by Crippen LogP contribution is 2.37. The molecule has 2 fully saturated rings. The van der Waals surface area contributed by atoms with Crippen molar-refractivity contribution >= 4 is 0 Å². The highest BCUT2D eigenvalue weighted by molar-refractivity contribution is 5.19. The van der Waals surface area contributed by atoms with Crippen LogP contribution in [-0.4, -0.2) is 0 Å². The molecule has 140 valence electrons. The quantitative estimate of drug-likeness (QED) is 0.330. The van der Waals surface area contributed by atoms with Crippen LogP contribution in [0.2, 0.25) is 0 Å². The second-order valence-corrected chi connectivity index (χ2v) is 8.40. The molecule has 0 atom stereocenters. The van der Waals surface area contributed by atoms with Gasteiger partial charge in [0.05, 0.1) is 0 Å². The summed E-state index contributed by atoms with van der Waals surface area (Å²) in [5.41, 5.74) is 0. The Hall–Kier alpha value is -1.10. The summed E-state index contributed by atoms with van der Waals surface area (Å²) in [6.07, 6.45) is 23.2. The maximum Gasteiger partial charge on any atom is 0.199 e. The van der Waals surface area contributed by atoms with Gasteiger partial charge in [-0.15, -0.1) is 0 Å². The number of nitrogens with zero attached hydrogens (tertiary/aromatic N) is 1. The lowest BCUT2D eigenvalue weighted by atomic mass is 9.75. The molecule has 0 bridgehead atoms. The zero-order chi connectivity index (χ0) is 17.9. The van der Waals surface area contributed by atoms with Crippen LogP contribution in [0.3, 0.4) is 0 Å². The van der Waals surface area contributed by atoms with Crippen molar-refractivity contribution in [1.29, 1.82) is 5.26 Å². The Morgan fingerprint density at radius 3 is 1.96 bits per heavy atom. The molecule has 0 aliphatic heterocycles. The van der Waals surface area contributed by atoms with E-state index in [9.17, 15) is 4.39 Å². The molecule has 2 aliphatic carbocycles. The van der Waals surface area contributed by atoms with Gasteiger partial charge in [0, 0.05) is 0 Å². The number of nitriles is 1. The Labute approximate surface area is 154 Å². The first kappa shape index (κ1) is 20.2. The highest BCUT2D eigenvalue weighted by atomic mass is 19.1. The molecular formula is C23H36FN. The van der Waals surface area contributed by atoms with Gasteiger partial charge in [0.2, 0.25) is 0 Å². The topological polar surface area (TPSA) is 23.8 Å². The number of allylic oxidation sites excluding steroid dienone is 4. The molecule has 0 saturated heterocycles. The van der Waals surface area contributed by atoms with Gasteiger partial charge >= 0.3 is 0 Å². The first-order valence-corrected chi connectivity index (χ1v) is 10.6. The predicted molar refractivity (Wildman–Crippen MR) is 104 cm³/mol. The summed E-state index contributed by atoms with van der Waals surface area (Å²) >= 11 is 0. The predicted octanol–water partition coefficient (Wildman–Crippen LogP) is 7.50. The second-order valence-electron chi connectivity index (χ2n) is 8.40. The lowest BCUT2D eigenvalue weighted by molar-refractivity contribution is 0.220. The van der Waals surface area contributed by atoms with Crippen LogP contribution in [0.1, 0.15) is 90.4 Å². The minimum absolute atomic E-state index is 0.577. The van der Waals surface area contributed by atoms with Crippen molar-refractivity contribution < 1.29 is 4.39 Å². The zero-order valence-electron chi connectivity index (χ0n) is 16.1. The average molecular weight is 346 g/mol. The average Bonchev–Trinajstić information content (AvgIpc) is 2.66. The molecular weight excluding hydrogens is 309 g/mol. The van der Waals surface area contributed by atoms with Crippen LogP contribution in [0.25, 0.3) is 0 Å². The van der Waals surface area contributed by atoms with Crippen molar-refractivity contribution in [3.63, 3.8) is 0 Å². The molecule has 0 amide bonds. The number of rotatable bonds is 8. The minimum atomic E-state index is -0.700. The number of hydrogen-bond donors (Lipinski definition) is 0.